The number of benzene rings is 1. The fourth-order valence-corrected chi connectivity index (χ4v) is 2.41. The maximum absolute atomic E-state index is 9.97. The van der Waals surface area contributed by atoms with Crippen LogP contribution in [-0.2, 0) is 4.74 Å². The van der Waals surface area contributed by atoms with Gasteiger partial charge in [-0.25, -0.2) is 0 Å². The van der Waals surface area contributed by atoms with E-state index in [1.807, 2.05) is 19.1 Å². The van der Waals surface area contributed by atoms with E-state index >= 15 is 0 Å². The first-order chi connectivity index (χ1) is 9.65. The Balaban J connectivity index is 1.70. The predicted molar refractivity (Wildman–Crippen MR) is 79.3 cm³/mol. The van der Waals surface area contributed by atoms with Crippen LogP contribution in [0.3, 0.4) is 0 Å². The number of hydrogen-bond acceptors (Lipinski definition) is 4. The molecule has 1 fully saturated rings. The van der Waals surface area contributed by atoms with E-state index in [2.05, 4.69) is 18.3 Å². The minimum absolute atomic E-state index is 0.320. The summed E-state index contributed by atoms with van der Waals surface area (Å²) in [6.07, 6.45) is 1.55. The maximum Gasteiger partial charge on any atom is 0.122 e. The molecule has 0 saturated carbocycles. The molecule has 1 saturated heterocycles. The molecule has 20 heavy (non-hydrogen) atoms. The Morgan fingerprint density at radius 1 is 1.35 bits per heavy atom. The van der Waals surface area contributed by atoms with E-state index in [9.17, 15) is 5.11 Å². The number of aliphatic hydroxyl groups is 1. The van der Waals surface area contributed by atoms with Gasteiger partial charge in [0.25, 0.3) is 0 Å². The molecule has 4 heteroatoms. The molecule has 112 valence electrons. The first-order valence-electron chi connectivity index (χ1n) is 7.34. The molecule has 1 aromatic rings. The Hall–Kier alpha value is -1.10. The topological polar surface area (TPSA) is 50.7 Å². The largest absolute Gasteiger partial charge is 0.491 e. The van der Waals surface area contributed by atoms with Crippen molar-refractivity contribution in [3.05, 3.63) is 29.3 Å². The minimum atomic E-state index is -0.487. The fraction of sp³-hybridized carbons (Fsp3) is 0.625. The van der Waals surface area contributed by atoms with Gasteiger partial charge in [0.1, 0.15) is 18.5 Å². The first-order valence-corrected chi connectivity index (χ1v) is 7.34. The Morgan fingerprint density at radius 3 is 2.80 bits per heavy atom. The van der Waals surface area contributed by atoms with E-state index in [4.69, 9.17) is 9.47 Å². The normalized spacial score (nSPS) is 17.9. The van der Waals surface area contributed by atoms with Gasteiger partial charge in [-0.1, -0.05) is 17.7 Å². The third kappa shape index (κ3) is 4.78. The van der Waals surface area contributed by atoms with Crippen molar-refractivity contribution in [2.75, 3.05) is 26.4 Å². The summed E-state index contributed by atoms with van der Waals surface area (Å²) in [6.45, 7) is 6.59. The molecule has 0 aromatic heterocycles. The average Bonchev–Trinajstić information content (AvgIpc) is 2.45. The Morgan fingerprint density at radius 2 is 2.10 bits per heavy atom. The molecular formula is C16H25NO3. The standard InChI is InChI=1S/C16H25NO3/c1-12-3-4-16(13(2)9-12)20-11-15(18)10-17-14-5-7-19-8-6-14/h3-4,9,14-15,17-18H,5-8,10-11H2,1-2H3/t15-/m1/s1. The van der Waals surface area contributed by atoms with Crippen molar-refractivity contribution in [3.8, 4) is 5.75 Å². The van der Waals surface area contributed by atoms with Crippen LogP contribution in [0.2, 0.25) is 0 Å². The van der Waals surface area contributed by atoms with E-state index in [-0.39, 0.29) is 0 Å². The highest BCUT2D eigenvalue weighted by Gasteiger charge is 2.15. The molecule has 1 aliphatic rings. The summed E-state index contributed by atoms with van der Waals surface area (Å²) in [5.74, 6) is 0.848. The summed E-state index contributed by atoms with van der Waals surface area (Å²) in [7, 11) is 0. The van der Waals surface area contributed by atoms with Gasteiger partial charge in [-0.05, 0) is 38.3 Å². The molecule has 1 atom stereocenters. The van der Waals surface area contributed by atoms with Gasteiger partial charge in [0, 0.05) is 25.8 Å². The lowest BCUT2D eigenvalue weighted by Gasteiger charge is -2.24. The molecule has 0 amide bonds. The number of hydrogen-bond donors (Lipinski definition) is 2. The molecular weight excluding hydrogens is 254 g/mol. The zero-order valence-electron chi connectivity index (χ0n) is 12.4. The Kier molecular flexibility index (Phi) is 5.83. The second kappa shape index (κ2) is 7.62. The second-order valence-electron chi connectivity index (χ2n) is 5.53. The lowest BCUT2D eigenvalue weighted by Crippen LogP contribution is -2.40. The molecule has 1 heterocycles. The van der Waals surface area contributed by atoms with Crippen LogP contribution in [0.1, 0.15) is 24.0 Å². The smallest absolute Gasteiger partial charge is 0.122 e. The molecule has 0 radical (unpaired) electrons. The summed E-state index contributed by atoms with van der Waals surface area (Å²) >= 11 is 0. The molecule has 0 unspecified atom stereocenters. The van der Waals surface area contributed by atoms with Crippen LogP contribution in [0.25, 0.3) is 0 Å². The van der Waals surface area contributed by atoms with Gasteiger partial charge in [-0.2, -0.15) is 0 Å². The van der Waals surface area contributed by atoms with E-state index < -0.39 is 6.10 Å². The third-order valence-electron chi connectivity index (χ3n) is 3.63. The summed E-state index contributed by atoms with van der Waals surface area (Å²) < 4.78 is 11.0. The highest BCUT2D eigenvalue weighted by atomic mass is 16.5. The summed E-state index contributed by atoms with van der Waals surface area (Å²) in [6, 6.07) is 6.53. The average molecular weight is 279 g/mol. The van der Waals surface area contributed by atoms with Gasteiger partial charge < -0.3 is 19.9 Å². The molecule has 0 bridgehead atoms. The Labute approximate surface area is 121 Å². The monoisotopic (exact) mass is 279 g/mol. The number of nitrogens with one attached hydrogen (secondary N) is 1. The molecule has 4 nitrogen and oxygen atoms in total. The Bertz CT molecular complexity index is 416. The van der Waals surface area contributed by atoms with Crippen LogP contribution in [0, 0.1) is 13.8 Å². The highest BCUT2D eigenvalue weighted by Crippen LogP contribution is 2.18. The van der Waals surface area contributed by atoms with Crippen LogP contribution in [0.15, 0.2) is 18.2 Å². The van der Waals surface area contributed by atoms with Crippen molar-refractivity contribution in [2.45, 2.75) is 38.8 Å². The zero-order chi connectivity index (χ0) is 14.4. The van der Waals surface area contributed by atoms with E-state index in [0.29, 0.717) is 19.2 Å². The van der Waals surface area contributed by atoms with E-state index in [0.717, 1.165) is 37.4 Å². The van der Waals surface area contributed by atoms with Gasteiger partial charge >= 0.3 is 0 Å². The van der Waals surface area contributed by atoms with E-state index in [1.54, 1.807) is 0 Å². The van der Waals surface area contributed by atoms with Crippen LogP contribution < -0.4 is 10.1 Å². The highest BCUT2D eigenvalue weighted by molar-refractivity contribution is 5.35. The van der Waals surface area contributed by atoms with Gasteiger partial charge in [0.15, 0.2) is 0 Å². The van der Waals surface area contributed by atoms with Crippen molar-refractivity contribution in [3.63, 3.8) is 0 Å². The lowest BCUT2D eigenvalue weighted by molar-refractivity contribution is 0.0654. The maximum atomic E-state index is 9.97. The van der Waals surface area contributed by atoms with Gasteiger partial charge in [0.2, 0.25) is 0 Å². The second-order valence-corrected chi connectivity index (χ2v) is 5.53. The molecule has 2 N–H and O–H groups in total. The van der Waals surface area contributed by atoms with Gasteiger partial charge in [-0.3, -0.25) is 0 Å². The number of aryl methyl sites for hydroxylation is 2. The fourth-order valence-electron chi connectivity index (χ4n) is 2.41. The predicted octanol–water partition coefficient (Wildman–Crippen LogP) is 1.81. The zero-order valence-corrected chi connectivity index (χ0v) is 12.4. The molecule has 1 aliphatic heterocycles. The van der Waals surface area contributed by atoms with Crippen LogP contribution in [0.5, 0.6) is 5.75 Å². The van der Waals surface area contributed by atoms with Crippen molar-refractivity contribution in [1.29, 1.82) is 0 Å². The summed E-state index contributed by atoms with van der Waals surface area (Å²) in [4.78, 5) is 0. The number of aliphatic hydroxyl groups excluding tert-OH is 1. The van der Waals surface area contributed by atoms with Gasteiger partial charge in [0.05, 0.1) is 0 Å². The van der Waals surface area contributed by atoms with Crippen molar-refractivity contribution in [1.82, 2.24) is 5.32 Å². The van der Waals surface area contributed by atoms with Crippen LogP contribution in [-0.4, -0.2) is 43.6 Å². The molecule has 2 rings (SSSR count). The molecule has 1 aromatic carbocycles. The summed E-state index contributed by atoms with van der Waals surface area (Å²) in [5, 5.41) is 13.3. The number of ether oxygens (including phenoxy) is 2. The molecule has 0 aliphatic carbocycles. The van der Waals surface area contributed by atoms with Crippen LogP contribution in [0.4, 0.5) is 0 Å². The minimum Gasteiger partial charge on any atom is -0.491 e. The summed E-state index contributed by atoms with van der Waals surface area (Å²) in [5.41, 5.74) is 2.33. The SMILES string of the molecule is Cc1ccc(OC[C@H](O)CNC2CCOCC2)c(C)c1. The van der Waals surface area contributed by atoms with Gasteiger partial charge in [-0.15, -0.1) is 0 Å². The van der Waals surface area contributed by atoms with Crippen molar-refractivity contribution < 1.29 is 14.6 Å². The molecule has 0 spiro atoms. The lowest BCUT2D eigenvalue weighted by atomic mass is 10.1. The third-order valence-corrected chi connectivity index (χ3v) is 3.63. The first kappa shape index (κ1) is 15.3. The van der Waals surface area contributed by atoms with Crippen LogP contribution >= 0.6 is 0 Å². The number of rotatable bonds is 6. The van der Waals surface area contributed by atoms with Crippen molar-refractivity contribution in [2.24, 2.45) is 0 Å². The van der Waals surface area contributed by atoms with Crippen molar-refractivity contribution >= 4 is 0 Å². The quantitative estimate of drug-likeness (QED) is 0.834. The van der Waals surface area contributed by atoms with E-state index in [1.165, 1.54) is 5.56 Å².